The van der Waals surface area contributed by atoms with Crippen molar-refractivity contribution in [2.75, 3.05) is 11.9 Å². The van der Waals surface area contributed by atoms with Crippen molar-refractivity contribution in [2.24, 2.45) is 4.99 Å². The number of urea groups is 1. The number of anilines is 1. The molecule has 7 heteroatoms. The zero-order valence-electron chi connectivity index (χ0n) is 14.4. The molecule has 2 amide bonds. The molecule has 1 aliphatic rings. The summed E-state index contributed by atoms with van der Waals surface area (Å²) in [7, 11) is 0. The third-order valence-corrected chi connectivity index (χ3v) is 4.27. The number of nitriles is 1. The predicted molar refractivity (Wildman–Crippen MR) is 105 cm³/mol. The smallest absolute Gasteiger partial charge is 0.319 e. The second kappa shape index (κ2) is 8.88. The van der Waals surface area contributed by atoms with Gasteiger partial charge in [-0.3, -0.25) is 0 Å². The molecule has 0 saturated heterocycles. The molecule has 26 heavy (non-hydrogen) atoms. The second-order valence-corrected chi connectivity index (χ2v) is 6.13. The molecule has 2 rings (SSSR count). The first-order valence-electron chi connectivity index (χ1n) is 7.99. The summed E-state index contributed by atoms with van der Waals surface area (Å²) in [4.78, 5) is 18.3. The molecule has 1 aliphatic heterocycles. The van der Waals surface area contributed by atoms with Gasteiger partial charge in [0.2, 0.25) is 0 Å². The SMILES string of the molecule is C=C/N=C\N1C(C)C=CC(=C)C1CNC(=O)Nc1ccc(C#N)c(Cl)c1. The number of hydrogen-bond acceptors (Lipinski definition) is 3. The van der Waals surface area contributed by atoms with Crippen LogP contribution in [0.2, 0.25) is 5.02 Å². The number of rotatable bonds is 5. The Bertz CT molecular complexity index is 809. The van der Waals surface area contributed by atoms with Crippen molar-refractivity contribution in [1.82, 2.24) is 10.2 Å². The summed E-state index contributed by atoms with van der Waals surface area (Å²) in [6, 6.07) is 6.32. The van der Waals surface area contributed by atoms with Gasteiger partial charge in [-0.1, -0.05) is 36.9 Å². The van der Waals surface area contributed by atoms with E-state index >= 15 is 0 Å². The van der Waals surface area contributed by atoms with E-state index in [2.05, 4.69) is 28.8 Å². The van der Waals surface area contributed by atoms with E-state index in [0.717, 1.165) is 5.57 Å². The fraction of sp³-hybridized carbons (Fsp3) is 0.211. The molecule has 0 aliphatic carbocycles. The van der Waals surface area contributed by atoms with Crippen LogP contribution in [0, 0.1) is 11.3 Å². The highest BCUT2D eigenvalue weighted by Crippen LogP contribution is 2.21. The Labute approximate surface area is 158 Å². The number of benzene rings is 1. The monoisotopic (exact) mass is 369 g/mol. The van der Waals surface area contributed by atoms with E-state index in [1.165, 1.54) is 12.3 Å². The molecule has 0 radical (unpaired) electrons. The lowest BCUT2D eigenvalue weighted by Gasteiger charge is -2.37. The Balaban J connectivity index is 2.00. The van der Waals surface area contributed by atoms with Crippen molar-refractivity contribution in [3.63, 3.8) is 0 Å². The van der Waals surface area contributed by atoms with Crippen molar-refractivity contribution >= 4 is 29.7 Å². The van der Waals surface area contributed by atoms with Crippen molar-refractivity contribution in [3.8, 4) is 6.07 Å². The lowest BCUT2D eigenvalue weighted by molar-refractivity contribution is 0.246. The first-order chi connectivity index (χ1) is 12.5. The van der Waals surface area contributed by atoms with Crippen LogP contribution in [0.5, 0.6) is 0 Å². The lowest BCUT2D eigenvalue weighted by atomic mass is 9.99. The van der Waals surface area contributed by atoms with E-state index in [0.29, 0.717) is 17.8 Å². The molecule has 6 nitrogen and oxygen atoms in total. The van der Waals surface area contributed by atoms with Gasteiger partial charge < -0.3 is 15.5 Å². The van der Waals surface area contributed by atoms with Crippen LogP contribution < -0.4 is 10.6 Å². The maximum Gasteiger partial charge on any atom is 0.319 e. The summed E-state index contributed by atoms with van der Waals surface area (Å²) in [5, 5.41) is 14.7. The van der Waals surface area contributed by atoms with Gasteiger partial charge in [-0.25, -0.2) is 9.79 Å². The first kappa shape index (κ1) is 19.3. The summed E-state index contributed by atoms with van der Waals surface area (Å²) < 4.78 is 0. The van der Waals surface area contributed by atoms with Gasteiger partial charge in [0.05, 0.1) is 23.0 Å². The van der Waals surface area contributed by atoms with E-state index in [4.69, 9.17) is 16.9 Å². The van der Waals surface area contributed by atoms with Gasteiger partial charge in [0.15, 0.2) is 0 Å². The summed E-state index contributed by atoms with van der Waals surface area (Å²) in [5.74, 6) is 0. The summed E-state index contributed by atoms with van der Waals surface area (Å²) in [5.41, 5.74) is 1.74. The Morgan fingerprint density at radius 3 is 2.96 bits per heavy atom. The molecule has 0 spiro atoms. The van der Waals surface area contributed by atoms with Gasteiger partial charge in [-0.2, -0.15) is 5.26 Å². The predicted octanol–water partition coefficient (Wildman–Crippen LogP) is 3.69. The normalized spacial score (nSPS) is 19.3. The number of nitrogens with one attached hydrogen (secondary N) is 2. The van der Waals surface area contributed by atoms with Crippen molar-refractivity contribution in [3.05, 3.63) is 65.9 Å². The number of carbonyl (C=O) groups excluding carboxylic acids is 1. The van der Waals surface area contributed by atoms with Crippen LogP contribution >= 0.6 is 11.6 Å². The number of carbonyl (C=O) groups is 1. The molecule has 1 heterocycles. The van der Waals surface area contributed by atoms with Gasteiger partial charge in [0, 0.05) is 24.5 Å². The third-order valence-electron chi connectivity index (χ3n) is 3.96. The highest BCUT2D eigenvalue weighted by Gasteiger charge is 2.25. The van der Waals surface area contributed by atoms with Crippen LogP contribution in [0.3, 0.4) is 0 Å². The largest absolute Gasteiger partial charge is 0.348 e. The molecule has 1 aromatic rings. The Morgan fingerprint density at radius 2 is 2.31 bits per heavy atom. The average molecular weight is 370 g/mol. The van der Waals surface area contributed by atoms with E-state index in [1.807, 2.05) is 30.0 Å². The fourth-order valence-corrected chi connectivity index (χ4v) is 2.77. The zero-order chi connectivity index (χ0) is 19.1. The third kappa shape index (κ3) is 4.74. The molecular weight excluding hydrogens is 350 g/mol. The van der Waals surface area contributed by atoms with E-state index < -0.39 is 0 Å². The van der Waals surface area contributed by atoms with E-state index in [9.17, 15) is 4.79 Å². The first-order valence-corrected chi connectivity index (χ1v) is 8.37. The summed E-state index contributed by atoms with van der Waals surface area (Å²) >= 11 is 5.97. The standard InChI is InChI=1S/C19H20ClN5O/c1-4-22-12-25-14(3)6-5-13(2)18(25)11-23-19(26)24-16-8-7-15(10-21)17(20)9-16/h4-9,12,14,18H,1-2,11H2,3H3,(H2,23,24,26)/b22-12-. The van der Waals surface area contributed by atoms with Gasteiger partial charge in [0.1, 0.15) is 6.07 Å². The van der Waals surface area contributed by atoms with Crippen molar-refractivity contribution in [2.45, 2.75) is 19.0 Å². The lowest BCUT2D eigenvalue weighted by Crippen LogP contribution is -2.49. The quantitative estimate of drug-likeness (QED) is 0.613. The molecule has 2 N–H and O–H groups in total. The van der Waals surface area contributed by atoms with Gasteiger partial charge in [0.25, 0.3) is 0 Å². The molecule has 0 fully saturated rings. The molecule has 0 bridgehead atoms. The average Bonchev–Trinajstić information content (AvgIpc) is 2.61. The maximum absolute atomic E-state index is 12.2. The van der Waals surface area contributed by atoms with Crippen molar-refractivity contribution < 1.29 is 4.79 Å². The minimum absolute atomic E-state index is 0.117. The van der Waals surface area contributed by atoms with Gasteiger partial charge >= 0.3 is 6.03 Å². The Hall–Kier alpha value is -3.04. The second-order valence-electron chi connectivity index (χ2n) is 5.73. The molecule has 2 unspecified atom stereocenters. The Kier molecular flexibility index (Phi) is 6.59. The Morgan fingerprint density at radius 1 is 1.54 bits per heavy atom. The molecular formula is C19H20ClN5O. The molecule has 2 atom stereocenters. The topological polar surface area (TPSA) is 80.5 Å². The minimum atomic E-state index is -0.374. The van der Waals surface area contributed by atoms with Crippen LogP contribution in [0.4, 0.5) is 10.5 Å². The van der Waals surface area contributed by atoms with Crippen LogP contribution in [0.15, 0.2) is 60.3 Å². The van der Waals surface area contributed by atoms with E-state index in [-0.39, 0.29) is 23.1 Å². The molecule has 134 valence electrons. The van der Waals surface area contributed by atoms with Crippen molar-refractivity contribution in [1.29, 1.82) is 5.26 Å². The highest BCUT2D eigenvalue weighted by atomic mass is 35.5. The number of hydrogen-bond donors (Lipinski definition) is 2. The summed E-state index contributed by atoms with van der Waals surface area (Å²) in [6.07, 6.45) is 7.12. The van der Waals surface area contributed by atoms with Crippen LogP contribution in [0.1, 0.15) is 12.5 Å². The highest BCUT2D eigenvalue weighted by molar-refractivity contribution is 6.32. The fourth-order valence-electron chi connectivity index (χ4n) is 2.54. The maximum atomic E-state index is 12.2. The number of aliphatic imine (C=N–C) groups is 1. The summed E-state index contributed by atoms with van der Waals surface area (Å²) in [6.45, 7) is 10.0. The number of nitrogens with zero attached hydrogens (tertiary/aromatic N) is 3. The van der Waals surface area contributed by atoms with Gasteiger partial charge in [-0.15, -0.1) is 0 Å². The van der Waals surface area contributed by atoms with Crippen LogP contribution in [-0.2, 0) is 0 Å². The molecule has 0 saturated carbocycles. The van der Waals surface area contributed by atoms with Crippen LogP contribution in [0.25, 0.3) is 0 Å². The zero-order valence-corrected chi connectivity index (χ0v) is 15.2. The van der Waals surface area contributed by atoms with Crippen LogP contribution in [-0.4, -0.2) is 35.9 Å². The number of halogens is 1. The number of amides is 2. The van der Waals surface area contributed by atoms with Gasteiger partial charge in [-0.05, 0) is 30.7 Å². The molecule has 0 aromatic heterocycles. The minimum Gasteiger partial charge on any atom is -0.348 e. The molecule has 1 aromatic carbocycles. The van der Waals surface area contributed by atoms with E-state index in [1.54, 1.807) is 18.5 Å².